The smallest absolute Gasteiger partial charge is 0.312 e. The van der Waals surface area contributed by atoms with Crippen LogP contribution in [0.2, 0.25) is 0 Å². The first-order chi connectivity index (χ1) is 8.02. The lowest BCUT2D eigenvalue weighted by Gasteiger charge is -2.06. The topological polar surface area (TPSA) is 97.1 Å². The van der Waals surface area contributed by atoms with Gasteiger partial charge in [0.25, 0.3) is 5.91 Å². The van der Waals surface area contributed by atoms with Crippen molar-refractivity contribution in [1.29, 1.82) is 0 Å². The fourth-order valence-corrected chi connectivity index (χ4v) is 1.05. The predicted molar refractivity (Wildman–Crippen MR) is 54.1 cm³/mol. The van der Waals surface area contributed by atoms with Crippen molar-refractivity contribution >= 4 is 11.9 Å². The van der Waals surface area contributed by atoms with Gasteiger partial charge in [-0.05, 0) is 6.07 Å². The second-order valence-electron chi connectivity index (χ2n) is 3.01. The highest BCUT2D eigenvalue weighted by atomic mass is 19.2. The minimum absolute atomic E-state index is 0.0468. The Bertz CT molecular complexity index is 439. The summed E-state index contributed by atoms with van der Waals surface area (Å²) in [7, 11) is 0. The molecule has 1 rings (SSSR count). The quantitative estimate of drug-likeness (QED) is 0.503. The maximum absolute atomic E-state index is 13.1. The fourth-order valence-electron chi connectivity index (χ4n) is 1.05. The summed E-state index contributed by atoms with van der Waals surface area (Å²) in [4.78, 5) is 24.7. The largest absolute Gasteiger partial charge is 0.352 e. The van der Waals surface area contributed by atoms with Crippen molar-refractivity contribution < 1.29 is 18.4 Å². The average Bonchev–Trinajstić information content (AvgIpc) is 2.27. The molecule has 92 valence electrons. The summed E-state index contributed by atoms with van der Waals surface area (Å²) in [6, 6.07) is 0.315. The van der Waals surface area contributed by atoms with E-state index in [0.29, 0.717) is 0 Å². The number of primary amides is 1. The number of aromatic nitrogens is 1. The van der Waals surface area contributed by atoms with E-state index < -0.39 is 29.3 Å². The summed E-state index contributed by atoms with van der Waals surface area (Å²) in [5.41, 5.74) is 4.34. The van der Waals surface area contributed by atoms with Crippen LogP contribution in [-0.4, -0.2) is 30.0 Å². The molecule has 0 fully saturated rings. The standard InChI is InChI=1S/C9H10F2N4O2/c10-6-5(1-2-13-7(6)11)8(16)14-3-4-15-9(12)17/h1-2H,3-4H2,(H,14,16)(H3,12,15,17). The Balaban J connectivity index is 2.53. The first-order valence-electron chi connectivity index (χ1n) is 4.64. The van der Waals surface area contributed by atoms with Gasteiger partial charge in [0.15, 0.2) is 5.82 Å². The lowest BCUT2D eigenvalue weighted by Crippen LogP contribution is -2.37. The van der Waals surface area contributed by atoms with Crippen LogP contribution in [0.15, 0.2) is 12.3 Å². The lowest BCUT2D eigenvalue weighted by molar-refractivity contribution is 0.0948. The molecule has 17 heavy (non-hydrogen) atoms. The van der Waals surface area contributed by atoms with Gasteiger partial charge in [0.05, 0.1) is 5.56 Å². The molecule has 4 N–H and O–H groups in total. The second kappa shape index (κ2) is 5.73. The number of nitrogens with zero attached hydrogens (tertiary/aromatic N) is 1. The number of urea groups is 1. The maximum Gasteiger partial charge on any atom is 0.312 e. The number of hydrogen-bond donors (Lipinski definition) is 3. The van der Waals surface area contributed by atoms with Gasteiger partial charge < -0.3 is 16.4 Å². The van der Waals surface area contributed by atoms with E-state index in [4.69, 9.17) is 5.73 Å². The Kier molecular flexibility index (Phi) is 4.32. The number of pyridine rings is 1. The van der Waals surface area contributed by atoms with E-state index >= 15 is 0 Å². The third-order valence-corrected chi connectivity index (χ3v) is 1.80. The van der Waals surface area contributed by atoms with Gasteiger partial charge in [0, 0.05) is 19.3 Å². The third kappa shape index (κ3) is 3.67. The number of halogens is 2. The number of nitrogens with two attached hydrogens (primary N) is 1. The van der Waals surface area contributed by atoms with E-state index in [1.807, 2.05) is 0 Å². The highest BCUT2D eigenvalue weighted by Gasteiger charge is 2.15. The molecule has 0 aromatic carbocycles. The SMILES string of the molecule is NC(=O)NCCNC(=O)c1ccnc(F)c1F. The van der Waals surface area contributed by atoms with Gasteiger partial charge >= 0.3 is 6.03 Å². The molecule has 0 unspecified atom stereocenters. The molecule has 1 aromatic heterocycles. The van der Waals surface area contributed by atoms with Crippen LogP contribution in [-0.2, 0) is 0 Å². The van der Waals surface area contributed by atoms with E-state index in [1.165, 1.54) is 0 Å². The number of hydrogen-bond acceptors (Lipinski definition) is 3. The maximum atomic E-state index is 13.1. The summed E-state index contributed by atoms with van der Waals surface area (Å²) < 4.78 is 25.8. The van der Waals surface area contributed by atoms with Crippen molar-refractivity contribution in [1.82, 2.24) is 15.6 Å². The molecule has 0 radical (unpaired) electrons. The van der Waals surface area contributed by atoms with Crippen molar-refractivity contribution in [2.45, 2.75) is 0 Å². The minimum atomic E-state index is -1.34. The zero-order chi connectivity index (χ0) is 12.8. The number of rotatable bonds is 4. The molecular formula is C9H10F2N4O2. The molecule has 0 aliphatic rings. The molecule has 0 aliphatic heterocycles. The van der Waals surface area contributed by atoms with E-state index in [1.54, 1.807) is 0 Å². The molecule has 0 saturated carbocycles. The van der Waals surface area contributed by atoms with Crippen LogP contribution in [0.25, 0.3) is 0 Å². The summed E-state index contributed by atoms with van der Waals surface area (Å²) in [5, 5.41) is 4.50. The minimum Gasteiger partial charge on any atom is -0.352 e. The van der Waals surface area contributed by atoms with Crippen molar-refractivity contribution in [3.8, 4) is 0 Å². The summed E-state index contributed by atoms with van der Waals surface area (Å²) in [5.74, 6) is -3.45. The Labute approximate surface area is 95.2 Å². The summed E-state index contributed by atoms with van der Waals surface area (Å²) in [6.45, 7) is 0.140. The van der Waals surface area contributed by atoms with E-state index in [0.717, 1.165) is 12.3 Å². The molecule has 1 aromatic rings. The van der Waals surface area contributed by atoms with Crippen molar-refractivity contribution in [3.63, 3.8) is 0 Å². The third-order valence-electron chi connectivity index (χ3n) is 1.80. The molecule has 8 heteroatoms. The highest BCUT2D eigenvalue weighted by Crippen LogP contribution is 2.08. The molecule has 0 aliphatic carbocycles. The van der Waals surface area contributed by atoms with Gasteiger partial charge in [-0.25, -0.2) is 14.2 Å². The van der Waals surface area contributed by atoms with Crippen LogP contribution in [0.1, 0.15) is 10.4 Å². The van der Waals surface area contributed by atoms with Crippen LogP contribution < -0.4 is 16.4 Å². The van der Waals surface area contributed by atoms with E-state index in [2.05, 4.69) is 15.6 Å². The normalized spacial score (nSPS) is 9.76. The van der Waals surface area contributed by atoms with Gasteiger partial charge in [-0.1, -0.05) is 0 Å². The van der Waals surface area contributed by atoms with E-state index in [9.17, 15) is 18.4 Å². The fraction of sp³-hybridized carbons (Fsp3) is 0.222. The molecule has 0 spiro atoms. The first kappa shape index (κ1) is 12.8. The second-order valence-corrected chi connectivity index (χ2v) is 3.01. The number of carbonyl (C=O) groups excluding carboxylic acids is 2. The summed E-state index contributed by atoms with van der Waals surface area (Å²) in [6.07, 6.45) is 0.981. The monoisotopic (exact) mass is 244 g/mol. The van der Waals surface area contributed by atoms with Crippen molar-refractivity contribution in [2.75, 3.05) is 13.1 Å². The Morgan fingerprint density at radius 2 is 1.94 bits per heavy atom. The molecule has 0 atom stereocenters. The Morgan fingerprint density at radius 1 is 1.29 bits per heavy atom. The van der Waals surface area contributed by atoms with Crippen molar-refractivity contribution in [2.24, 2.45) is 5.73 Å². The molecular weight excluding hydrogens is 234 g/mol. The Morgan fingerprint density at radius 3 is 2.59 bits per heavy atom. The summed E-state index contributed by atoms with van der Waals surface area (Å²) >= 11 is 0. The van der Waals surface area contributed by atoms with Crippen LogP contribution in [0, 0.1) is 11.8 Å². The molecule has 3 amide bonds. The predicted octanol–water partition coefficient (Wildman–Crippen LogP) is -0.242. The zero-order valence-electron chi connectivity index (χ0n) is 8.67. The number of nitrogens with one attached hydrogen (secondary N) is 2. The van der Waals surface area contributed by atoms with Gasteiger partial charge in [-0.15, -0.1) is 0 Å². The van der Waals surface area contributed by atoms with Crippen LogP contribution >= 0.6 is 0 Å². The lowest BCUT2D eigenvalue weighted by atomic mass is 10.2. The molecule has 6 nitrogen and oxygen atoms in total. The van der Waals surface area contributed by atoms with Crippen molar-refractivity contribution in [3.05, 3.63) is 29.6 Å². The highest BCUT2D eigenvalue weighted by molar-refractivity contribution is 5.94. The van der Waals surface area contributed by atoms with Crippen LogP contribution in [0.3, 0.4) is 0 Å². The van der Waals surface area contributed by atoms with Gasteiger partial charge in [0.1, 0.15) is 0 Å². The van der Waals surface area contributed by atoms with Gasteiger partial charge in [0.2, 0.25) is 5.95 Å². The molecule has 0 bridgehead atoms. The van der Waals surface area contributed by atoms with E-state index in [-0.39, 0.29) is 13.1 Å². The molecule has 0 saturated heterocycles. The van der Waals surface area contributed by atoms with Crippen LogP contribution in [0.4, 0.5) is 13.6 Å². The number of amides is 3. The van der Waals surface area contributed by atoms with Crippen LogP contribution in [0.5, 0.6) is 0 Å². The van der Waals surface area contributed by atoms with Gasteiger partial charge in [-0.2, -0.15) is 4.39 Å². The molecule has 1 heterocycles. The number of carbonyl (C=O) groups is 2. The zero-order valence-corrected chi connectivity index (χ0v) is 8.67. The van der Waals surface area contributed by atoms with Gasteiger partial charge in [-0.3, -0.25) is 4.79 Å². The first-order valence-corrected chi connectivity index (χ1v) is 4.64. The Hall–Kier alpha value is -2.25. The average molecular weight is 244 g/mol.